The Balaban J connectivity index is 1.46. The summed E-state index contributed by atoms with van der Waals surface area (Å²) in [6.45, 7) is 33.6. The lowest BCUT2D eigenvalue weighted by molar-refractivity contribution is -0.0804. The topological polar surface area (TPSA) is 19.4 Å². The van der Waals surface area contributed by atoms with Crippen molar-refractivity contribution in [2.45, 2.75) is 65.7 Å². The van der Waals surface area contributed by atoms with E-state index in [1.807, 2.05) is 0 Å². The maximum atomic E-state index is 2.74. The molecule has 3 aliphatic heterocycles. The first-order valence-corrected chi connectivity index (χ1v) is 12.6. The molecule has 6 nitrogen and oxygen atoms in total. The van der Waals surface area contributed by atoms with Crippen LogP contribution in [0.15, 0.2) is 0 Å². The molecule has 3 saturated heterocycles. The van der Waals surface area contributed by atoms with Crippen LogP contribution in [0.1, 0.15) is 48.5 Å². The summed E-state index contributed by atoms with van der Waals surface area (Å²) in [5.74, 6) is 0. The fourth-order valence-corrected chi connectivity index (χ4v) is 5.76. The first-order valence-electron chi connectivity index (χ1n) is 12.6. The Hall–Kier alpha value is -0.240. The summed E-state index contributed by atoms with van der Waals surface area (Å²) < 4.78 is 0. The highest BCUT2D eigenvalue weighted by Gasteiger charge is 2.38. The van der Waals surface area contributed by atoms with Crippen molar-refractivity contribution in [1.82, 2.24) is 29.4 Å². The molecule has 0 aromatic carbocycles. The minimum Gasteiger partial charge on any atom is -0.301 e. The van der Waals surface area contributed by atoms with Gasteiger partial charge in [-0.1, -0.05) is 6.92 Å². The van der Waals surface area contributed by atoms with Crippen LogP contribution in [0.5, 0.6) is 0 Å². The standard InChI is InChI=1S/C24H50N6/c1-8-25-9-15-28(16-10-25)23(4,5)21-26-11-17-29(18-12-26)24(6,7)30-19-13-27(14-20-30)22(2)3/h22H,8-21H2,1-7H3. The number of nitrogens with zero attached hydrogens (tertiary/aromatic N) is 6. The summed E-state index contributed by atoms with van der Waals surface area (Å²) in [5, 5.41) is 0. The minimum absolute atomic E-state index is 0.168. The molecule has 0 saturated carbocycles. The van der Waals surface area contributed by atoms with Crippen LogP contribution in [0.25, 0.3) is 0 Å². The molecule has 0 aliphatic carbocycles. The van der Waals surface area contributed by atoms with Crippen molar-refractivity contribution in [1.29, 1.82) is 0 Å². The molecular weight excluding hydrogens is 372 g/mol. The van der Waals surface area contributed by atoms with E-state index in [-0.39, 0.29) is 11.2 Å². The van der Waals surface area contributed by atoms with Crippen molar-refractivity contribution in [3.63, 3.8) is 0 Å². The third-order valence-electron chi connectivity index (χ3n) is 8.25. The zero-order chi connectivity index (χ0) is 21.9. The van der Waals surface area contributed by atoms with Crippen molar-refractivity contribution in [2.75, 3.05) is 91.6 Å². The lowest BCUT2D eigenvalue weighted by atomic mass is 9.99. The molecule has 0 N–H and O–H groups in total. The van der Waals surface area contributed by atoms with Gasteiger partial charge >= 0.3 is 0 Å². The Bertz CT molecular complexity index is 510. The van der Waals surface area contributed by atoms with Gasteiger partial charge in [-0.3, -0.25) is 24.5 Å². The van der Waals surface area contributed by atoms with Crippen molar-refractivity contribution in [3.05, 3.63) is 0 Å². The molecule has 0 atom stereocenters. The van der Waals surface area contributed by atoms with E-state index in [1.165, 1.54) is 91.6 Å². The average molecular weight is 423 g/mol. The first kappa shape index (κ1) is 24.4. The van der Waals surface area contributed by atoms with E-state index in [2.05, 4.69) is 77.9 Å². The molecule has 3 fully saturated rings. The van der Waals surface area contributed by atoms with Crippen molar-refractivity contribution >= 4 is 0 Å². The quantitative estimate of drug-likeness (QED) is 0.619. The van der Waals surface area contributed by atoms with Crippen LogP contribution in [-0.2, 0) is 0 Å². The minimum atomic E-state index is 0.168. The van der Waals surface area contributed by atoms with Crippen LogP contribution < -0.4 is 0 Å². The van der Waals surface area contributed by atoms with E-state index in [1.54, 1.807) is 0 Å². The second kappa shape index (κ2) is 10.1. The molecule has 3 heterocycles. The van der Waals surface area contributed by atoms with E-state index in [9.17, 15) is 0 Å². The van der Waals surface area contributed by atoms with Crippen LogP contribution >= 0.6 is 0 Å². The Labute approximate surface area is 187 Å². The van der Waals surface area contributed by atoms with Gasteiger partial charge in [-0.15, -0.1) is 0 Å². The summed E-state index contributed by atoms with van der Waals surface area (Å²) in [6.07, 6.45) is 0. The molecule has 0 unspecified atom stereocenters. The second-order valence-corrected chi connectivity index (χ2v) is 11.1. The van der Waals surface area contributed by atoms with Crippen LogP contribution in [0.2, 0.25) is 0 Å². The van der Waals surface area contributed by atoms with Gasteiger partial charge in [0.15, 0.2) is 0 Å². The molecule has 30 heavy (non-hydrogen) atoms. The van der Waals surface area contributed by atoms with E-state index >= 15 is 0 Å². The van der Waals surface area contributed by atoms with Gasteiger partial charge in [0, 0.05) is 96.7 Å². The van der Waals surface area contributed by atoms with Gasteiger partial charge in [-0.25, -0.2) is 0 Å². The molecule has 3 aliphatic rings. The van der Waals surface area contributed by atoms with Gasteiger partial charge in [0.2, 0.25) is 0 Å². The summed E-state index contributed by atoms with van der Waals surface area (Å²) in [6, 6.07) is 0.673. The maximum Gasteiger partial charge on any atom is 0.0681 e. The molecule has 176 valence electrons. The normalized spacial score (nSPS) is 26.0. The molecule has 6 heteroatoms. The molecule has 0 spiro atoms. The van der Waals surface area contributed by atoms with E-state index < -0.39 is 0 Å². The average Bonchev–Trinajstić information content (AvgIpc) is 2.74. The predicted octanol–water partition coefficient (Wildman–Crippen LogP) is 1.78. The maximum absolute atomic E-state index is 2.74. The van der Waals surface area contributed by atoms with E-state index in [0.717, 1.165) is 0 Å². The van der Waals surface area contributed by atoms with Gasteiger partial charge in [-0.2, -0.15) is 0 Å². The van der Waals surface area contributed by atoms with E-state index in [0.29, 0.717) is 6.04 Å². The second-order valence-electron chi connectivity index (χ2n) is 11.1. The molecule has 3 rings (SSSR count). The van der Waals surface area contributed by atoms with Crippen LogP contribution in [0.4, 0.5) is 0 Å². The zero-order valence-corrected chi connectivity index (χ0v) is 21.2. The highest BCUT2D eigenvalue weighted by Crippen LogP contribution is 2.25. The third kappa shape index (κ3) is 5.76. The molecule has 0 aromatic rings. The highest BCUT2D eigenvalue weighted by atomic mass is 15.4. The van der Waals surface area contributed by atoms with Gasteiger partial charge in [0.25, 0.3) is 0 Å². The number of likely N-dealkylation sites (N-methyl/N-ethyl adjacent to an activating group) is 1. The third-order valence-corrected chi connectivity index (χ3v) is 8.25. The highest BCUT2D eigenvalue weighted by molar-refractivity contribution is 4.93. The van der Waals surface area contributed by atoms with E-state index in [4.69, 9.17) is 0 Å². The van der Waals surface area contributed by atoms with Gasteiger partial charge in [0.1, 0.15) is 0 Å². The van der Waals surface area contributed by atoms with Crippen LogP contribution in [0, 0.1) is 0 Å². The fraction of sp³-hybridized carbons (Fsp3) is 1.00. The molecule has 0 radical (unpaired) electrons. The predicted molar refractivity (Wildman–Crippen MR) is 128 cm³/mol. The Kier molecular flexibility index (Phi) is 8.25. The number of hydrogen-bond acceptors (Lipinski definition) is 6. The van der Waals surface area contributed by atoms with Gasteiger partial charge < -0.3 is 4.90 Å². The van der Waals surface area contributed by atoms with Crippen LogP contribution in [-0.4, -0.2) is 138 Å². The van der Waals surface area contributed by atoms with Gasteiger partial charge in [-0.05, 0) is 48.1 Å². The molecule has 0 bridgehead atoms. The number of rotatable bonds is 7. The molecular formula is C24H50N6. The Morgan fingerprint density at radius 1 is 0.600 bits per heavy atom. The number of piperazine rings is 3. The molecule has 0 aromatic heterocycles. The van der Waals surface area contributed by atoms with Crippen molar-refractivity contribution in [2.24, 2.45) is 0 Å². The molecule has 0 amide bonds. The Morgan fingerprint density at radius 2 is 1.03 bits per heavy atom. The monoisotopic (exact) mass is 422 g/mol. The lowest BCUT2D eigenvalue weighted by Crippen LogP contribution is -2.66. The zero-order valence-electron chi connectivity index (χ0n) is 21.2. The van der Waals surface area contributed by atoms with Crippen molar-refractivity contribution < 1.29 is 0 Å². The first-order chi connectivity index (χ1) is 14.1. The smallest absolute Gasteiger partial charge is 0.0681 e. The summed E-state index contributed by atoms with van der Waals surface area (Å²) in [4.78, 5) is 16.1. The fourth-order valence-electron chi connectivity index (χ4n) is 5.76. The Morgan fingerprint density at radius 3 is 1.50 bits per heavy atom. The SMILES string of the molecule is CCN1CCN(C(C)(C)CN2CCN(C(C)(C)N3CCN(C(C)C)CC3)CC2)CC1. The number of hydrogen-bond donors (Lipinski definition) is 0. The summed E-state index contributed by atoms with van der Waals surface area (Å²) >= 11 is 0. The largest absolute Gasteiger partial charge is 0.301 e. The van der Waals surface area contributed by atoms with Crippen molar-refractivity contribution in [3.8, 4) is 0 Å². The lowest BCUT2D eigenvalue weighted by Gasteiger charge is -2.53. The van der Waals surface area contributed by atoms with Gasteiger partial charge in [0.05, 0.1) is 5.66 Å². The van der Waals surface area contributed by atoms with Crippen LogP contribution in [0.3, 0.4) is 0 Å². The summed E-state index contributed by atoms with van der Waals surface area (Å²) in [7, 11) is 0. The summed E-state index contributed by atoms with van der Waals surface area (Å²) in [5.41, 5.74) is 0.436.